The first-order valence-corrected chi connectivity index (χ1v) is 16.9. The average Bonchev–Trinajstić information content (AvgIpc) is 3.51. The summed E-state index contributed by atoms with van der Waals surface area (Å²) in [4.78, 5) is 30.3. The number of carbonyl (C=O) groups excluding carboxylic acids is 2. The molecule has 0 aromatic heterocycles. The van der Waals surface area contributed by atoms with Gasteiger partial charge >= 0.3 is 11.9 Å². The van der Waals surface area contributed by atoms with Gasteiger partial charge in [-0.15, -0.1) is 11.8 Å². The molecule has 12 nitrogen and oxygen atoms in total. The largest absolute Gasteiger partial charge is 0.504 e. The lowest BCUT2D eigenvalue weighted by Gasteiger charge is -2.62. The van der Waals surface area contributed by atoms with Crippen molar-refractivity contribution in [3.63, 3.8) is 0 Å². The highest BCUT2D eigenvalue weighted by Gasteiger charge is 2.60. The van der Waals surface area contributed by atoms with Gasteiger partial charge in [0.15, 0.2) is 23.0 Å². The number of aryl methyl sites for hydroxylation is 1. The van der Waals surface area contributed by atoms with Crippen LogP contribution >= 0.6 is 11.8 Å². The van der Waals surface area contributed by atoms with Crippen LogP contribution in [0.5, 0.6) is 28.7 Å². The van der Waals surface area contributed by atoms with Gasteiger partial charge in [-0.3, -0.25) is 19.4 Å². The van der Waals surface area contributed by atoms with Gasteiger partial charge in [0.25, 0.3) is 0 Å². The number of nitrogens with one attached hydrogen (secondary N) is 1. The number of carbonyl (C=O) groups is 2. The molecular formula is C33H41N3O9S. The summed E-state index contributed by atoms with van der Waals surface area (Å²) >= 11 is 1.54. The second-order valence-electron chi connectivity index (χ2n) is 12.7. The van der Waals surface area contributed by atoms with Crippen LogP contribution in [-0.2, 0) is 20.7 Å². The lowest BCUT2D eigenvalue weighted by atomic mass is 9.73. The van der Waals surface area contributed by atoms with Crippen molar-refractivity contribution in [1.82, 2.24) is 15.1 Å². The number of aliphatic hydroxyl groups excluding tert-OH is 1. The normalized spacial score (nSPS) is 29.8. The molecule has 13 heteroatoms. The number of methoxy groups -OCH3 is 1. The minimum atomic E-state index is -0.964. The zero-order valence-corrected chi connectivity index (χ0v) is 27.7. The van der Waals surface area contributed by atoms with Crippen molar-refractivity contribution in [2.75, 3.05) is 39.9 Å². The molecular weight excluding hydrogens is 614 g/mol. The molecule has 2 aromatic carbocycles. The van der Waals surface area contributed by atoms with E-state index in [0.29, 0.717) is 52.8 Å². The summed E-state index contributed by atoms with van der Waals surface area (Å²) in [5, 5.41) is 27.0. The summed E-state index contributed by atoms with van der Waals surface area (Å²) in [5.41, 5.74) is 4.60. The molecule has 2 saturated heterocycles. The van der Waals surface area contributed by atoms with Crippen LogP contribution in [0.15, 0.2) is 6.07 Å². The maximum atomic E-state index is 13.5. The second kappa shape index (κ2) is 11.8. The molecule has 0 spiro atoms. The summed E-state index contributed by atoms with van der Waals surface area (Å²) in [6, 6.07) is -0.358. The lowest BCUT2D eigenvalue weighted by Crippen LogP contribution is -2.69. The molecule has 0 saturated carbocycles. The Bertz CT molecular complexity index is 1600. The highest BCUT2D eigenvalue weighted by Crippen LogP contribution is 2.63. The summed E-state index contributed by atoms with van der Waals surface area (Å²) in [7, 11) is 3.53. The van der Waals surface area contributed by atoms with Gasteiger partial charge in [-0.25, -0.2) is 0 Å². The molecule has 6 aliphatic heterocycles. The first kappa shape index (κ1) is 31.4. The van der Waals surface area contributed by atoms with Crippen molar-refractivity contribution in [3.8, 4) is 28.7 Å². The van der Waals surface area contributed by atoms with Crippen molar-refractivity contribution < 1.29 is 43.5 Å². The Morgan fingerprint density at radius 1 is 1.15 bits per heavy atom. The predicted molar refractivity (Wildman–Crippen MR) is 169 cm³/mol. The maximum Gasteiger partial charge on any atom is 0.324 e. The van der Waals surface area contributed by atoms with Gasteiger partial charge in [0, 0.05) is 41.0 Å². The predicted octanol–water partition coefficient (Wildman–Crippen LogP) is 3.03. The Hall–Kier alpha value is -3.23. The van der Waals surface area contributed by atoms with E-state index in [1.807, 2.05) is 38.8 Å². The van der Waals surface area contributed by atoms with E-state index >= 15 is 0 Å². The first-order chi connectivity index (χ1) is 22.1. The van der Waals surface area contributed by atoms with Crippen LogP contribution < -0.4 is 24.3 Å². The number of thioether (sulfide) groups is 1. The van der Waals surface area contributed by atoms with Gasteiger partial charge in [0.2, 0.25) is 6.79 Å². The van der Waals surface area contributed by atoms with Crippen molar-refractivity contribution in [3.05, 3.63) is 39.4 Å². The van der Waals surface area contributed by atoms with Crippen LogP contribution in [0.1, 0.15) is 71.0 Å². The van der Waals surface area contributed by atoms with Crippen LogP contribution in [0.3, 0.4) is 0 Å². The Labute approximate surface area is 272 Å². The van der Waals surface area contributed by atoms with Gasteiger partial charge < -0.3 is 39.2 Å². The summed E-state index contributed by atoms with van der Waals surface area (Å²) in [6.07, 6.45) is 0.376. The Kier molecular flexibility index (Phi) is 8.03. The molecule has 4 bridgehead atoms. The number of esters is 2. The molecule has 8 rings (SSSR count). The van der Waals surface area contributed by atoms with Gasteiger partial charge in [-0.2, -0.15) is 0 Å². The van der Waals surface area contributed by atoms with E-state index in [9.17, 15) is 19.8 Å². The van der Waals surface area contributed by atoms with Crippen LogP contribution in [0, 0.1) is 13.8 Å². The fourth-order valence-electron chi connectivity index (χ4n) is 8.24. The molecule has 248 valence electrons. The molecule has 0 aliphatic carbocycles. The SMILES string of the molecule is CCCNC1CS[C@@H]2c3c(OC(C)=O)c(C)c4c(c3[C@H](COC1=O)N1C2[C@H]2c3c(cc(C)c(OC)c3O)C[C@@H]([C@@H]1O)N2C)OCO4. The Morgan fingerprint density at radius 2 is 1.91 bits per heavy atom. The molecule has 6 heterocycles. The number of fused-ring (bicyclic) bond motifs is 10. The molecule has 3 N–H and O–H groups in total. The third-order valence-corrected chi connectivity index (χ3v) is 11.5. The molecule has 46 heavy (non-hydrogen) atoms. The number of hydrogen-bond acceptors (Lipinski definition) is 13. The van der Waals surface area contributed by atoms with E-state index in [2.05, 4.69) is 10.2 Å². The zero-order valence-electron chi connectivity index (χ0n) is 26.9. The molecule has 2 unspecified atom stereocenters. The quantitative estimate of drug-likeness (QED) is 0.322. The lowest BCUT2D eigenvalue weighted by molar-refractivity contribution is -0.184. The first-order valence-electron chi connectivity index (χ1n) is 15.8. The molecule has 2 aromatic rings. The van der Waals surface area contributed by atoms with Crippen molar-refractivity contribution in [2.45, 2.75) is 82.2 Å². The van der Waals surface area contributed by atoms with Gasteiger partial charge in [0.1, 0.15) is 24.6 Å². The van der Waals surface area contributed by atoms with Crippen LogP contribution in [0.2, 0.25) is 0 Å². The molecule has 0 radical (unpaired) electrons. The fourth-order valence-corrected chi connectivity index (χ4v) is 9.78. The zero-order chi connectivity index (χ0) is 32.6. The number of rotatable bonds is 5. The average molecular weight is 656 g/mol. The number of piperazine rings is 1. The standard InChI is InChI=1S/C33H41N3O9S/c1-7-8-34-18-12-46-31-23-22(30-29(43-13-44-30)15(3)28(23)45-16(4)37)20(11-42-33(18)40)36-25(31)24-21-17(10-19(32(36)39)35(24)5)9-14(2)27(41-6)26(21)38/h9,18-20,24-25,31-32,34,38-39H,7-8,10-13H2,1-6H3/t18?,19-,20-,24+,25?,31+,32-/m0/s1. The van der Waals surface area contributed by atoms with E-state index in [-0.39, 0.29) is 31.2 Å². The van der Waals surface area contributed by atoms with Crippen molar-refractivity contribution in [1.29, 1.82) is 0 Å². The van der Waals surface area contributed by atoms with Crippen molar-refractivity contribution >= 4 is 23.7 Å². The number of hydrogen-bond donors (Lipinski definition) is 3. The topological polar surface area (TPSA) is 139 Å². The number of aliphatic hydroxyl groups is 1. The highest BCUT2D eigenvalue weighted by atomic mass is 32.2. The molecule has 7 atom stereocenters. The van der Waals surface area contributed by atoms with E-state index in [0.717, 1.165) is 28.7 Å². The third kappa shape index (κ3) is 4.57. The van der Waals surface area contributed by atoms with Crippen molar-refractivity contribution in [2.24, 2.45) is 0 Å². The summed E-state index contributed by atoms with van der Waals surface area (Å²) < 4.78 is 29.8. The molecule has 6 aliphatic rings. The minimum absolute atomic E-state index is 0.0141. The number of aromatic hydroxyl groups is 1. The van der Waals surface area contributed by atoms with Gasteiger partial charge in [-0.05, 0) is 51.4 Å². The fraction of sp³-hybridized carbons (Fsp3) is 0.576. The minimum Gasteiger partial charge on any atom is -0.504 e. The number of phenols is 1. The highest BCUT2D eigenvalue weighted by molar-refractivity contribution is 7.99. The van der Waals surface area contributed by atoms with Crippen LogP contribution in [-0.4, -0.2) is 96.2 Å². The monoisotopic (exact) mass is 655 g/mol. The van der Waals surface area contributed by atoms with Gasteiger partial charge in [-0.1, -0.05) is 13.0 Å². The Balaban J connectivity index is 1.51. The second-order valence-corrected chi connectivity index (χ2v) is 13.9. The smallest absolute Gasteiger partial charge is 0.324 e. The number of ether oxygens (including phenoxy) is 5. The van der Waals surface area contributed by atoms with E-state index in [1.165, 1.54) is 6.92 Å². The number of nitrogens with zero attached hydrogens (tertiary/aromatic N) is 2. The molecule has 0 amide bonds. The number of likely N-dealkylation sites (N-methyl/N-ethyl adjacent to an activating group) is 1. The molecule has 2 fully saturated rings. The number of benzene rings is 2. The third-order valence-electron chi connectivity index (χ3n) is 10.1. The van der Waals surface area contributed by atoms with E-state index < -0.39 is 41.6 Å². The summed E-state index contributed by atoms with van der Waals surface area (Å²) in [5.74, 6) is 1.38. The van der Waals surface area contributed by atoms with Gasteiger partial charge in [0.05, 0.1) is 30.5 Å². The van der Waals surface area contributed by atoms with E-state index in [4.69, 9.17) is 23.7 Å². The van der Waals surface area contributed by atoms with Crippen LogP contribution in [0.25, 0.3) is 0 Å². The van der Waals surface area contributed by atoms with Crippen LogP contribution in [0.4, 0.5) is 0 Å². The number of phenolic OH excluding ortho intramolecular Hbond substituents is 1. The Morgan fingerprint density at radius 3 is 2.63 bits per heavy atom. The summed E-state index contributed by atoms with van der Waals surface area (Å²) in [6.45, 7) is 7.72. The maximum absolute atomic E-state index is 13.5. The van der Waals surface area contributed by atoms with E-state index in [1.54, 1.807) is 18.9 Å².